The lowest BCUT2D eigenvalue weighted by Crippen LogP contribution is -2.08. The first-order valence-electron chi connectivity index (χ1n) is 3.14. The van der Waals surface area contributed by atoms with Crippen LogP contribution in [0.3, 0.4) is 0 Å². The van der Waals surface area contributed by atoms with E-state index in [1.807, 2.05) is 0 Å². The third-order valence-corrected chi connectivity index (χ3v) is 1.49. The molecule has 0 heterocycles. The number of nitrogen functional groups attached to an aromatic ring is 1. The van der Waals surface area contributed by atoms with Gasteiger partial charge in [0, 0.05) is 5.02 Å². The summed E-state index contributed by atoms with van der Waals surface area (Å²) in [6.45, 7) is 0. The number of rotatable bonds is 1. The van der Waals surface area contributed by atoms with Gasteiger partial charge in [-0.2, -0.15) is 0 Å². The van der Waals surface area contributed by atoms with Crippen LogP contribution in [-0.2, 0) is 0 Å². The van der Waals surface area contributed by atoms with Gasteiger partial charge in [0.15, 0.2) is 0 Å². The Hall–Kier alpha value is -1.42. The van der Waals surface area contributed by atoms with Crippen LogP contribution in [0, 0.1) is 0 Å². The van der Waals surface area contributed by atoms with Gasteiger partial charge in [-0.25, -0.2) is 4.79 Å². The maximum Gasteiger partial charge on any atom is 0.409 e. The molecule has 4 N–H and O–H groups in total. The van der Waals surface area contributed by atoms with E-state index >= 15 is 0 Å². The zero-order valence-corrected chi connectivity index (χ0v) is 6.80. The van der Waals surface area contributed by atoms with Crippen molar-refractivity contribution in [1.29, 1.82) is 0 Å². The van der Waals surface area contributed by atoms with Crippen LogP contribution in [0.15, 0.2) is 18.2 Å². The van der Waals surface area contributed by atoms with Gasteiger partial charge in [-0.1, -0.05) is 11.6 Å². The molecule has 0 aliphatic carbocycles. The van der Waals surface area contributed by atoms with Crippen LogP contribution in [0.2, 0.25) is 5.02 Å². The topological polar surface area (TPSA) is 75.3 Å². The van der Waals surface area contributed by atoms with Crippen molar-refractivity contribution in [2.75, 3.05) is 11.1 Å². The van der Waals surface area contributed by atoms with E-state index in [2.05, 4.69) is 5.32 Å². The van der Waals surface area contributed by atoms with Crippen LogP contribution in [-0.4, -0.2) is 11.2 Å². The van der Waals surface area contributed by atoms with Crippen molar-refractivity contribution in [3.05, 3.63) is 23.2 Å². The Morgan fingerprint density at radius 1 is 1.58 bits per heavy atom. The largest absolute Gasteiger partial charge is 0.465 e. The molecule has 0 spiro atoms. The molecule has 0 aromatic heterocycles. The minimum atomic E-state index is -1.15. The van der Waals surface area contributed by atoms with E-state index in [9.17, 15) is 4.79 Å². The Morgan fingerprint density at radius 3 is 2.75 bits per heavy atom. The molecule has 0 unspecified atom stereocenters. The lowest BCUT2D eigenvalue weighted by atomic mass is 10.3. The molecule has 12 heavy (non-hydrogen) atoms. The summed E-state index contributed by atoms with van der Waals surface area (Å²) >= 11 is 5.60. The average Bonchev–Trinajstić information content (AvgIpc) is 1.94. The first-order chi connectivity index (χ1) is 5.59. The zero-order valence-electron chi connectivity index (χ0n) is 6.04. The third kappa shape index (κ3) is 2.03. The van der Waals surface area contributed by atoms with Gasteiger partial charge in [0.25, 0.3) is 0 Å². The van der Waals surface area contributed by atoms with Crippen molar-refractivity contribution >= 4 is 29.1 Å². The molecule has 4 nitrogen and oxygen atoms in total. The van der Waals surface area contributed by atoms with Crippen molar-refractivity contribution in [2.24, 2.45) is 0 Å². The molecule has 1 rings (SSSR count). The van der Waals surface area contributed by atoms with Crippen molar-refractivity contribution in [3.8, 4) is 0 Å². The lowest BCUT2D eigenvalue weighted by Gasteiger charge is -2.04. The molecule has 0 atom stereocenters. The van der Waals surface area contributed by atoms with E-state index in [1.54, 1.807) is 6.07 Å². The molecule has 0 aliphatic rings. The number of carboxylic acid groups (broad SMARTS) is 1. The minimum Gasteiger partial charge on any atom is -0.465 e. The average molecular weight is 187 g/mol. The van der Waals surface area contributed by atoms with E-state index in [0.29, 0.717) is 16.4 Å². The fourth-order valence-electron chi connectivity index (χ4n) is 0.763. The van der Waals surface area contributed by atoms with Crippen LogP contribution in [0.1, 0.15) is 0 Å². The number of benzene rings is 1. The summed E-state index contributed by atoms with van der Waals surface area (Å²) in [5.41, 5.74) is 6.11. The Bertz CT molecular complexity index is 314. The molecular formula is C7H7ClN2O2. The molecule has 1 aromatic rings. The fraction of sp³-hybridized carbons (Fsp3) is 0. The second-order valence-electron chi connectivity index (χ2n) is 2.16. The fourth-order valence-corrected chi connectivity index (χ4v) is 0.943. The summed E-state index contributed by atoms with van der Waals surface area (Å²) in [6.07, 6.45) is -1.15. The predicted octanol–water partition coefficient (Wildman–Crippen LogP) is 2.01. The second kappa shape index (κ2) is 3.32. The predicted molar refractivity (Wildman–Crippen MR) is 47.5 cm³/mol. The quantitative estimate of drug-likeness (QED) is 0.588. The summed E-state index contributed by atoms with van der Waals surface area (Å²) in [7, 11) is 0. The maximum atomic E-state index is 10.2. The second-order valence-corrected chi connectivity index (χ2v) is 2.60. The molecule has 0 bridgehead atoms. The number of nitrogens with two attached hydrogens (primary N) is 1. The number of nitrogens with one attached hydrogen (secondary N) is 1. The Balaban J connectivity index is 2.93. The van der Waals surface area contributed by atoms with Crippen LogP contribution in [0.4, 0.5) is 16.2 Å². The number of carbonyl (C=O) groups is 1. The maximum absolute atomic E-state index is 10.2. The standard InChI is InChI=1S/C7H7ClN2O2/c8-4-1-2-6(5(9)3-4)10-7(11)12/h1-3,10H,9H2,(H,11,12). The summed E-state index contributed by atoms with van der Waals surface area (Å²) in [5.74, 6) is 0. The molecule has 0 saturated heterocycles. The number of hydrogen-bond acceptors (Lipinski definition) is 2. The van der Waals surface area contributed by atoms with Gasteiger partial charge in [-0.15, -0.1) is 0 Å². The molecule has 0 aliphatic heterocycles. The highest BCUT2D eigenvalue weighted by molar-refractivity contribution is 6.31. The van der Waals surface area contributed by atoms with Crippen LogP contribution in [0.25, 0.3) is 0 Å². The normalized spacial score (nSPS) is 9.42. The first kappa shape index (κ1) is 8.67. The van der Waals surface area contributed by atoms with Gasteiger partial charge in [-0.05, 0) is 18.2 Å². The van der Waals surface area contributed by atoms with Gasteiger partial charge in [-0.3, -0.25) is 5.32 Å². The van der Waals surface area contributed by atoms with Gasteiger partial charge >= 0.3 is 6.09 Å². The van der Waals surface area contributed by atoms with Crippen LogP contribution >= 0.6 is 11.6 Å². The molecule has 1 aromatic carbocycles. The minimum absolute atomic E-state index is 0.310. The summed E-state index contributed by atoms with van der Waals surface area (Å²) in [4.78, 5) is 10.2. The highest BCUT2D eigenvalue weighted by Crippen LogP contribution is 2.22. The lowest BCUT2D eigenvalue weighted by molar-refractivity contribution is 0.210. The summed E-state index contributed by atoms with van der Waals surface area (Å²) in [5, 5.41) is 11.0. The van der Waals surface area contributed by atoms with E-state index in [4.69, 9.17) is 22.4 Å². The van der Waals surface area contributed by atoms with Gasteiger partial charge in [0.05, 0.1) is 11.4 Å². The molecule has 0 fully saturated rings. The Morgan fingerprint density at radius 2 is 2.25 bits per heavy atom. The Kier molecular flexibility index (Phi) is 2.40. The van der Waals surface area contributed by atoms with Crippen molar-refractivity contribution in [1.82, 2.24) is 0 Å². The van der Waals surface area contributed by atoms with Gasteiger partial charge in [0.2, 0.25) is 0 Å². The van der Waals surface area contributed by atoms with Crippen molar-refractivity contribution < 1.29 is 9.90 Å². The van der Waals surface area contributed by atoms with Crippen LogP contribution < -0.4 is 11.1 Å². The highest BCUT2D eigenvalue weighted by Gasteiger charge is 2.01. The molecule has 0 radical (unpaired) electrons. The number of anilines is 2. The Labute approximate surface area is 73.9 Å². The molecule has 0 saturated carbocycles. The van der Waals surface area contributed by atoms with E-state index in [1.165, 1.54) is 12.1 Å². The molecule has 1 amide bonds. The number of halogens is 1. The molecular weight excluding hydrogens is 180 g/mol. The van der Waals surface area contributed by atoms with Gasteiger partial charge < -0.3 is 10.8 Å². The smallest absolute Gasteiger partial charge is 0.409 e. The zero-order chi connectivity index (χ0) is 9.14. The molecule has 64 valence electrons. The van der Waals surface area contributed by atoms with Crippen molar-refractivity contribution in [3.63, 3.8) is 0 Å². The van der Waals surface area contributed by atoms with E-state index in [-0.39, 0.29) is 0 Å². The molecule has 5 heteroatoms. The van der Waals surface area contributed by atoms with E-state index in [0.717, 1.165) is 0 Å². The number of hydrogen-bond donors (Lipinski definition) is 3. The monoisotopic (exact) mass is 186 g/mol. The first-order valence-corrected chi connectivity index (χ1v) is 3.52. The number of amides is 1. The van der Waals surface area contributed by atoms with Crippen LogP contribution in [0.5, 0.6) is 0 Å². The van der Waals surface area contributed by atoms with E-state index < -0.39 is 6.09 Å². The highest BCUT2D eigenvalue weighted by atomic mass is 35.5. The summed E-state index contributed by atoms with van der Waals surface area (Å²) in [6, 6.07) is 4.54. The SMILES string of the molecule is Nc1cc(Cl)ccc1NC(=O)O. The van der Waals surface area contributed by atoms with Gasteiger partial charge in [0.1, 0.15) is 0 Å². The summed E-state index contributed by atoms with van der Waals surface area (Å²) < 4.78 is 0. The third-order valence-electron chi connectivity index (χ3n) is 1.26. The van der Waals surface area contributed by atoms with Crippen molar-refractivity contribution in [2.45, 2.75) is 0 Å².